The molecule has 54 heavy (non-hydrogen) atoms. The molecule has 19 nitrogen and oxygen atoms in total. The van der Waals surface area contributed by atoms with Crippen molar-refractivity contribution in [2.45, 2.75) is 127 Å². The van der Waals surface area contributed by atoms with Crippen LogP contribution < -0.4 is 0 Å². The highest BCUT2D eigenvalue weighted by Gasteiger charge is 2.62. The Labute approximate surface area is 315 Å². The summed E-state index contributed by atoms with van der Waals surface area (Å²) in [4.78, 5) is 66.2. The molecule has 1 aliphatic carbocycles. The molecule has 3 rings (SSSR count). The Morgan fingerprint density at radius 2 is 1.81 bits per heavy atom. The third kappa shape index (κ3) is 9.27. The third-order valence-electron chi connectivity index (χ3n) is 9.35. The lowest BCUT2D eigenvalue weighted by molar-refractivity contribution is -0.345. The number of thiocarbonyl (C=S) groups is 1. The highest BCUT2D eigenvalue weighted by Crippen LogP contribution is 2.42. The van der Waals surface area contributed by atoms with Crippen molar-refractivity contribution in [2.75, 3.05) is 13.7 Å². The van der Waals surface area contributed by atoms with Gasteiger partial charge in [0.1, 0.15) is 54.2 Å². The molecule has 300 valence electrons. The smallest absolute Gasteiger partial charge is 0.357 e. The highest BCUT2D eigenvalue weighted by molar-refractivity contribution is 7.78. The summed E-state index contributed by atoms with van der Waals surface area (Å²) in [6, 6.07) is 0. The highest BCUT2D eigenvalue weighted by atomic mass is 32.1. The monoisotopic (exact) mass is 786 g/mol. The second-order valence-corrected chi connectivity index (χ2v) is 13.6. The number of hydrogen-bond acceptors (Lipinski definition) is 19. The van der Waals surface area contributed by atoms with Crippen LogP contribution in [0.1, 0.15) is 60.8 Å². The molecule has 2 heterocycles. The van der Waals surface area contributed by atoms with Crippen molar-refractivity contribution >= 4 is 52.8 Å². The number of ether oxygens (including phenoxy) is 7. The van der Waals surface area contributed by atoms with Crippen LogP contribution in [-0.2, 0) is 57.1 Å². The van der Waals surface area contributed by atoms with E-state index in [-0.39, 0.29) is 24.5 Å². The van der Waals surface area contributed by atoms with Crippen LogP contribution in [0.4, 0.5) is 0 Å². The minimum Gasteiger partial charge on any atom is -0.508 e. The number of carboxylic acid groups (broad SMARTS) is 1. The molecular formula is C34H46N2O17S. The van der Waals surface area contributed by atoms with E-state index in [1.165, 1.54) is 34.0 Å². The zero-order chi connectivity index (χ0) is 40.9. The van der Waals surface area contributed by atoms with Gasteiger partial charge in [-0.3, -0.25) is 19.8 Å². The molecule has 3 aliphatic rings. The Morgan fingerprint density at radius 1 is 1.17 bits per heavy atom. The summed E-state index contributed by atoms with van der Waals surface area (Å²) in [5, 5.41) is 66.1. The minimum absolute atomic E-state index is 0.0351. The number of aliphatic imine (C=N–C) groups is 1. The van der Waals surface area contributed by atoms with Crippen molar-refractivity contribution in [1.29, 1.82) is 5.41 Å². The standard InChI is InChI=1S/C34H46N2O17S/c1-8-18(36-13-54)32(44)53-27-20(12-48-17(6)37)51-30(33(45)11-19(38)25(35)24(29(33)41)31(42)43)26(40)28(27)52-23-10-21(47-7)34(46,16(5)50-23)15(4)49-22(39)9-14(2)3/h8,14-16,20-21,23,26-28,30,35,40-41,45-46H,9-12H2,1-7H3,(H,42,43)/b18-8-,35-25?/t15-,16-,20+,21-,23-,26+,27+,28-,30+,33+,34+/m0/s1. The lowest BCUT2D eigenvalue weighted by Gasteiger charge is -2.52. The summed E-state index contributed by atoms with van der Waals surface area (Å²) < 4.78 is 40.0. The van der Waals surface area contributed by atoms with Crippen molar-refractivity contribution in [1.82, 2.24) is 0 Å². The normalized spacial score (nSPS) is 33.8. The van der Waals surface area contributed by atoms with Crippen LogP contribution in [0.5, 0.6) is 0 Å². The minimum atomic E-state index is -3.03. The Hall–Kier alpha value is -3.98. The van der Waals surface area contributed by atoms with Crippen molar-refractivity contribution in [3.63, 3.8) is 0 Å². The fourth-order valence-corrected chi connectivity index (χ4v) is 6.68. The molecule has 0 unspecified atom stereocenters. The third-order valence-corrected chi connectivity index (χ3v) is 9.44. The van der Waals surface area contributed by atoms with E-state index < -0.39 is 126 Å². The van der Waals surface area contributed by atoms with Crippen molar-refractivity contribution in [2.24, 2.45) is 10.9 Å². The van der Waals surface area contributed by atoms with Gasteiger partial charge in [-0.05, 0) is 38.9 Å². The largest absolute Gasteiger partial charge is 0.508 e. The number of hydrogen-bond donors (Lipinski definition) is 6. The average molecular weight is 787 g/mol. The second-order valence-electron chi connectivity index (χ2n) is 13.4. The molecule has 0 spiro atoms. The molecule has 6 N–H and O–H groups in total. The molecule has 0 bridgehead atoms. The van der Waals surface area contributed by atoms with E-state index >= 15 is 0 Å². The van der Waals surface area contributed by atoms with Gasteiger partial charge in [-0.1, -0.05) is 19.9 Å². The van der Waals surface area contributed by atoms with Gasteiger partial charge in [-0.15, -0.1) is 0 Å². The van der Waals surface area contributed by atoms with E-state index in [2.05, 4.69) is 17.2 Å². The summed E-state index contributed by atoms with van der Waals surface area (Å²) >= 11 is 4.60. The second kappa shape index (κ2) is 18.1. The number of rotatable bonds is 14. The summed E-state index contributed by atoms with van der Waals surface area (Å²) in [5.41, 5.74) is -7.73. The number of carbonyl (C=O) groups is 5. The first-order valence-corrected chi connectivity index (χ1v) is 17.3. The summed E-state index contributed by atoms with van der Waals surface area (Å²) in [7, 11) is 1.27. The van der Waals surface area contributed by atoms with Gasteiger partial charge in [0.25, 0.3) is 0 Å². The first kappa shape index (κ1) is 44.4. The number of aliphatic hydroxyl groups excluding tert-OH is 2. The lowest BCUT2D eigenvalue weighted by atomic mass is 9.74. The number of aliphatic hydroxyl groups is 4. The molecule has 0 amide bonds. The molecule has 0 aromatic heterocycles. The number of carboxylic acids is 1. The molecule has 0 saturated carbocycles. The lowest BCUT2D eigenvalue weighted by Crippen LogP contribution is -2.70. The summed E-state index contributed by atoms with van der Waals surface area (Å²) in [5.74, 6) is -7.22. The van der Waals surface area contributed by atoms with Crippen LogP contribution in [0.2, 0.25) is 0 Å². The van der Waals surface area contributed by atoms with E-state index in [1.807, 2.05) is 19.0 Å². The number of isothiocyanates is 1. The number of nitrogens with one attached hydrogen (secondary N) is 1. The van der Waals surface area contributed by atoms with E-state index in [0.29, 0.717) is 0 Å². The number of carbonyl (C=O) groups excluding carboxylic acids is 4. The molecule has 0 aromatic rings. The first-order chi connectivity index (χ1) is 25.2. The number of aliphatic carboxylic acids is 1. The van der Waals surface area contributed by atoms with Crippen LogP contribution in [0.3, 0.4) is 0 Å². The first-order valence-electron chi connectivity index (χ1n) is 16.9. The summed E-state index contributed by atoms with van der Waals surface area (Å²) in [6.45, 7) is 8.21. The average Bonchev–Trinajstić information content (AvgIpc) is 3.08. The number of nitrogens with zero attached hydrogens (tertiary/aromatic N) is 1. The SMILES string of the molecule is C/C=C(\N=C=S)C(=O)O[C@H]1[C@@H](O[C@H]2C[C@H](OC)[C@@](O)([C@H](C)OC(=O)CC(C)C)[C@H](C)O2)[C@@H](O)[C@H]([C@@]2(O)CC(=O)C(=N)C(C(=O)O)=C2O)O[C@@H]1COC(C)=O. The van der Waals surface area contributed by atoms with Gasteiger partial charge < -0.3 is 58.7 Å². The van der Waals surface area contributed by atoms with Crippen LogP contribution in [0.15, 0.2) is 28.1 Å². The Morgan fingerprint density at radius 3 is 2.35 bits per heavy atom. The molecule has 20 heteroatoms. The molecule has 2 fully saturated rings. The zero-order valence-electron chi connectivity index (χ0n) is 30.7. The number of esters is 3. The molecular weight excluding hydrogens is 740 g/mol. The van der Waals surface area contributed by atoms with Gasteiger partial charge >= 0.3 is 23.9 Å². The topological polar surface area (TPSA) is 287 Å². The molecule has 2 aliphatic heterocycles. The van der Waals surface area contributed by atoms with E-state index in [1.54, 1.807) is 0 Å². The van der Waals surface area contributed by atoms with Gasteiger partial charge in [0.15, 0.2) is 35.1 Å². The molecule has 11 atom stereocenters. The predicted octanol–water partition coefficient (Wildman–Crippen LogP) is 0.461. The van der Waals surface area contributed by atoms with Gasteiger partial charge in [0, 0.05) is 26.9 Å². The van der Waals surface area contributed by atoms with Gasteiger partial charge in [-0.2, -0.15) is 4.99 Å². The fourth-order valence-electron chi connectivity index (χ4n) is 6.58. The molecule has 0 radical (unpaired) electrons. The predicted molar refractivity (Wildman–Crippen MR) is 184 cm³/mol. The quantitative estimate of drug-likeness (QED) is 0.0458. The van der Waals surface area contributed by atoms with Crippen LogP contribution >= 0.6 is 12.2 Å². The maximum atomic E-state index is 13.3. The fraction of sp³-hybridized carbons (Fsp3) is 0.676. The van der Waals surface area contributed by atoms with E-state index in [0.717, 1.165) is 6.92 Å². The Kier molecular flexibility index (Phi) is 14.9. The molecule has 0 aromatic carbocycles. The van der Waals surface area contributed by atoms with E-state index in [4.69, 9.17) is 38.6 Å². The Bertz CT molecular complexity index is 1610. The van der Waals surface area contributed by atoms with Crippen LogP contribution in [-0.4, -0.2) is 146 Å². The van der Waals surface area contributed by atoms with Crippen molar-refractivity contribution in [3.8, 4) is 0 Å². The number of ketones is 1. The maximum absolute atomic E-state index is 13.3. The maximum Gasteiger partial charge on any atom is 0.357 e. The molecule has 2 saturated heterocycles. The van der Waals surface area contributed by atoms with Gasteiger partial charge in [0.2, 0.25) is 0 Å². The van der Waals surface area contributed by atoms with Gasteiger partial charge in [-0.25, -0.2) is 9.59 Å². The zero-order valence-corrected chi connectivity index (χ0v) is 31.5. The number of methoxy groups -OCH3 is 1. The van der Waals surface area contributed by atoms with Crippen LogP contribution in [0.25, 0.3) is 0 Å². The number of Topliss-reactive ketones (excluding diaryl/α,β-unsaturated/α-hetero) is 1. The van der Waals surface area contributed by atoms with E-state index in [9.17, 15) is 49.5 Å². The van der Waals surface area contributed by atoms with Crippen LogP contribution in [0, 0.1) is 11.3 Å². The summed E-state index contributed by atoms with van der Waals surface area (Å²) in [6.07, 6.45) is -14.9. The Balaban J connectivity index is 2.13. The van der Waals surface area contributed by atoms with Gasteiger partial charge in [0.05, 0.1) is 23.8 Å². The number of allylic oxidation sites excluding steroid dienone is 1. The van der Waals surface area contributed by atoms with Crippen molar-refractivity contribution in [3.05, 3.63) is 23.1 Å². The van der Waals surface area contributed by atoms with Crippen molar-refractivity contribution < 1.29 is 82.7 Å².